The molecule has 0 aliphatic carbocycles. The van der Waals surface area contributed by atoms with Crippen molar-refractivity contribution in [1.29, 1.82) is 0 Å². The van der Waals surface area contributed by atoms with Crippen LogP contribution in [0.25, 0.3) is 22.4 Å². The Morgan fingerprint density at radius 2 is 2.11 bits per heavy atom. The third kappa shape index (κ3) is 1.94. The predicted molar refractivity (Wildman–Crippen MR) is 71.3 cm³/mol. The van der Waals surface area contributed by atoms with Crippen LogP contribution in [0.4, 0.5) is 0 Å². The summed E-state index contributed by atoms with van der Waals surface area (Å²) >= 11 is 6.09. The van der Waals surface area contributed by atoms with Crippen molar-refractivity contribution in [2.24, 2.45) is 0 Å². The van der Waals surface area contributed by atoms with Crippen molar-refractivity contribution in [3.8, 4) is 11.3 Å². The zero-order valence-electron chi connectivity index (χ0n) is 9.59. The van der Waals surface area contributed by atoms with Crippen molar-refractivity contribution in [2.75, 3.05) is 0 Å². The topological polar surface area (TPSA) is 78.9 Å². The Balaban J connectivity index is 2.24. The van der Waals surface area contributed by atoms with E-state index >= 15 is 0 Å². The highest BCUT2D eigenvalue weighted by molar-refractivity contribution is 6.33. The maximum Gasteiger partial charge on any atom is 0.339 e. The largest absolute Gasteiger partial charge is 0.478 e. The van der Waals surface area contributed by atoms with E-state index in [1.54, 1.807) is 12.3 Å². The zero-order chi connectivity index (χ0) is 13.4. The molecule has 0 saturated heterocycles. The molecule has 94 valence electrons. The van der Waals surface area contributed by atoms with E-state index in [2.05, 4.69) is 15.0 Å². The number of hydrogen-bond donors (Lipinski definition) is 2. The van der Waals surface area contributed by atoms with Crippen LogP contribution in [-0.2, 0) is 0 Å². The highest BCUT2D eigenvalue weighted by Crippen LogP contribution is 2.27. The third-order valence-corrected chi connectivity index (χ3v) is 3.09. The first-order chi connectivity index (χ1) is 9.16. The number of rotatable bonds is 2. The SMILES string of the molecule is O=C(O)c1c[nH]c2ncc(-c3ccccc3Cl)nc12. The number of halogens is 1. The van der Waals surface area contributed by atoms with Gasteiger partial charge in [0.05, 0.1) is 16.9 Å². The van der Waals surface area contributed by atoms with Crippen LogP contribution < -0.4 is 0 Å². The molecule has 2 N–H and O–H groups in total. The van der Waals surface area contributed by atoms with E-state index in [1.807, 2.05) is 18.2 Å². The number of aromatic carboxylic acids is 1. The van der Waals surface area contributed by atoms with Gasteiger partial charge in [0, 0.05) is 11.8 Å². The number of carboxylic acids is 1. The van der Waals surface area contributed by atoms with Gasteiger partial charge < -0.3 is 10.1 Å². The lowest BCUT2D eigenvalue weighted by Gasteiger charge is -2.03. The molecule has 0 unspecified atom stereocenters. The van der Waals surface area contributed by atoms with Gasteiger partial charge in [-0.3, -0.25) is 0 Å². The number of carbonyl (C=O) groups is 1. The Bertz CT molecular complexity index is 782. The number of nitrogens with zero attached hydrogens (tertiary/aromatic N) is 2. The first-order valence-electron chi connectivity index (χ1n) is 5.49. The number of hydrogen-bond acceptors (Lipinski definition) is 3. The molecule has 19 heavy (non-hydrogen) atoms. The van der Waals surface area contributed by atoms with Crippen molar-refractivity contribution in [3.63, 3.8) is 0 Å². The molecule has 0 fully saturated rings. The van der Waals surface area contributed by atoms with Gasteiger partial charge in [0.25, 0.3) is 0 Å². The average Bonchev–Trinajstić information content (AvgIpc) is 2.82. The van der Waals surface area contributed by atoms with Gasteiger partial charge in [0.15, 0.2) is 5.65 Å². The summed E-state index contributed by atoms with van der Waals surface area (Å²) in [5.74, 6) is -1.04. The van der Waals surface area contributed by atoms with Crippen LogP contribution in [0.3, 0.4) is 0 Å². The summed E-state index contributed by atoms with van der Waals surface area (Å²) in [7, 11) is 0. The quantitative estimate of drug-likeness (QED) is 0.752. The monoisotopic (exact) mass is 273 g/mol. The van der Waals surface area contributed by atoms with Crippen molar-refractivity contribution in [1.82, 2.24) is 15.0 Å². The van der Waals surface area contributed by atoms with Crippen LogP contribution in [-0.4, -0.2) is 26.0 Å². The maximum absolute atomic E-state index is 11.1. The second-order valence-electron chi connectivity index (χ2n) is 3.94. The van der Waals surface area contributed by atoms with Crippen molar-refractivity contribution < 1.29 is 9.90 Å². The molecule has 2 aromatic heterocycles. The molecule has 3 aromatic rings. The van der Waals surface area contributed by atoms with Gasteiger partial charge in [-0.15, -0.1) is 0 Å². The van der Waals surface area contributed by atoms with E-state index in [0.29, 0.717) is 21.9 Å². The van der Waals surface area contributed by atoms with E-state index in [4.69, 9.17) is 16.7 Å². The second kappa shape index (κ2) is 4.37. The molecule has 2 heterocycles. The highest BCUT2D eigenvalue weighted by Gasteiger charge is 2.14. The van der Waals surface area contributed by atoms with Crippen LogP contribution in [0.5, 0.6) is 0 Å². The molecule has 3 rings (SSSR count). The zero-order valence-corrected chi connectivity index (χ0v) is 10.3. The fraction of sp³-hybridized carbons (Fsp3) is 0. The molecule has 1 aromatic carbocycles. The highest BCUT2D eigenvalue weighted by atomic mass is 35.5. The number of carboxylic acid groups (broad SMARTS) is 1. The Hall–Kier alpha value is -2.40. The third-order valence-electron chi connectivity index (χ3n) is 2.76. The van der Waals surface area contributed by atoms with Gasteiger partial charge >= 0.3 is 5.97 Å². The van der Waals surface area contributed by atoms with E-state index in [9.17, 15) is 4.79 Å². The normalized spacial score (nSPS) is 10.8. The molecule has 0 spiro atoms. The van der Waals surface area contributed by atoms with Crippen LogP contribution in [0.1, 0.15) is 10.4 Å². The number of benzene rings is 1. The Labute approximate surface area is 112 Å². The summed E-state index contributed by atoms with van der Waals surface area (Å²) in [6, 6.07) is 7.21. The lowest BCUT2D eigenvalue weighted by molar-refractivity contribution is 0.0699. The Morgan fingerprint density at radius 1 is 1.32 bits per heavy atom. The molecular formula is C13H8ClN3O2. The first-order valence-corrected chi connectivity index (χ1v) is 5.87. The maximum atomic E-state index is 11.1. The van der Waals surface area contributed by atoms with Gasteiger partial charge in [-0.25, -0.2) is 14.8 Å². The molecule has 0 radical (unpaired) electrons. The minimum atomic E-state index is -1.04. The predicted octanol–water partition coefficient (Wildman–Crippen LogP) is 2.98. The second-order valence-corrected chi connectivity index (χ2v) is 4.35. The lowest BCUT2D eigenvalue weighted by atomic mass is 10.1. The van der Waals surface area contributed by atoms with Crippen LogP contribution in [0, 0.1) is 0 Å². The molecule has 0 aliphatic heterocycles. The first kappa shape index (κ1) is 11.7. The molecule has 5 nitrogen and oxygen atoms in total. The summed E-state index contributed by atoms with van der Waals surface area (Å²) in [4.78, 5) is 22.3. The number of H-pyrrole nitrogens is 1. The minimum Gasteiger partial charge on any atom is -0.478 e. The fourth-order valence-electron chi connectivity index (χ4n) is 1.85. The minimum absolute atomic E-state index is 0.0939. The number of nitrogens with one attached hydrogen (secondary N) is 1. The van der Waals surface area contributed by atoms with E-state index in [0.717, 1.165) is 5.56 Å². The van der Waals surface area contributed by atoms with Crippen molar-refractivity contribution in [3.05, 3.63) is 47.2 Å². The van der Waals surface area contributed by atoms with Crippen LogP contribution >= 0.6 is 11.6 Å². The van der Waals surface area contributed by atoms with Crippen molar-refractivity contribution >= 4 is 28.7 Å². The van der Waals surface area contributed by atoms with Gasteiger partial charge in [0.1, 0.15) is 11.1 Å². The smallest absolute Gasteiger partial charge is 0.339 e. The molecule has 0 saturated carbocycles. The summed E-state index contributed by atoms with van der Waals surface area (Å²) in [5.41, 5.74) is 2.12. The van der Waals surface area contributed by atoms with Crippen LogP contribution in [0.15, 0.2) is 36.7 Å². The van der Waals surface area contributed by atoms with E-state index < -0.39 is 5.97 Å². The fourth-order valence-corrected chi connectivity index (χ4v) is 2.09. The van der Waals surface area contributed by atoms with Gasteiger partial charge in [-0.05, 0) is 6.07 Å². The van der Waals surface area contributed by atoms with Crippen LogP contribution in [0.2, 0.25) is 5.02 Å². The summed E-state index contributed by atoms with van der Waals surface area (Å²) < 4.78 is 0. The molecular weight excluding hydrogens is 266 g/mol. The van der Waals surface area contributed by atoms with E-state index in [-0.39, 0.29) is 5.56 Å². The number of aromatic amines is 1. The molecule has 6 heteroatoms. The average molecular weight is 274 g/mol. The molecule has 0 atom stereocenters. The summed E-state index contributed by atoms with van der Waals surface area (Å²) in [6.45, 7) is 0. The molecule has 0 amide bonds. The Kier molecular flexibility index (Phi) is 2.68. The number of fused-ring (bicyclic) bond motifs is 1. The molecule has 0 bridgehead atoms. The summed E-state index contributed by atoms with van der Waals surface area (Å²) in [6.07, 6.45) is 2.94. The number of aromatic nitrogens is 3. The summed E-state index contributed by atoms with van der Waals surface area (Å²) in [5, 5.41) is 9.62. The van der Waals surface area contributed by atoms with E-state index in [1.165, 1.54) is 6.20 Å². The van der Waals surface area contributed by atoms with Crippen molar-refractivity contribution in [2.45, 2.75) is 0 Å². The lowest BCUT2D eigenvalue weighted by Crippen LogP contribution is -1.96. The molecule has 0 aliphatic rings. The van der Waals surface area contributed by atoms with Gasteiger partial charge in [-0.1, -0.05) is 29.8 Å². The van der Waals surface area contributed by atoms with Gasteiger partial charge in [0.2, 0.25) is 0 Å². The standard InChI is InChI=1S/C13H8ClN3O2/c14-9-4-2-1-3-7(9)10-6-16-12-11(17-10)8(5-15-12)13(18)19/h1-6H,(H,15,16)(H,18,19). The van der Waals surface area contributed by atoms with Gasteiger partial charge in [-0.2, -0.15) is 0 Å². The Morgan fingerprint density at radius 3 is 2.84 bits per heavy atom.